The zero-order chi connectivity index (χ0) is 14.7. The first-order chi connectivity index (χ1) is 9.47. The van der Waals surface area contributed by atoms with Gasteiger partial charge in [-0.1, -0.05) is 28.1 Å². The maximum absolute atomic E-state index is 12.0. The van der Waals surface area contributed by atoms with Gasteiger partial charge in [-0.3, -0.25) is 14.9 Å². The number of carbonyl (C=O) groups excluding carboxylic acids is 1. The number of hydrogen-bond acceptors (Lipinski definition) is 3. The van der Waals surface area contributed by atoms with Crippen molar-refractivity contribution in [1.29, 1.82) is 0 Å². The van der Waals surface area contributed by atoms with Crippen molar-refractivity contribution in [2.24, 2.45) is 0 Å². The van der Waals surface area contributed by atoms with Crippen LogP contribution in [0.25, 0.3) is 0 Å². The average Bonchev–Trinajstić information content (AvgIpc) is 2.43. The van der Waals surface area contributed by atoms with Gasteiger partial charge in [0.25, 0.3) is 11.6 Å². The number of nitro benzene ring substituents is 1. The van der Waals surface area contributed by atoms with E-state index in [9.17, 15) is 14.9 Å². The first-order valence-corrected chi connectivity index (χ1v) is 6.58. The van der Waals surface area contributed by atoms with Gasteiger partial charge in [-0.05, 0) is 30.7 Å². The molecule has 0 bridgehead atoms. The minimum absolute atomic E-state index is 0.109. The maximum atomic E-state index is 12.0. The molecule has 0 fully saturated rings. The number of rotatable bonds is 3. The van der Waals surface area contributed by atoms with Crippen LogP contribution in [-0.4, -0.2) is 10.8 Å². The van der Waals surface area contributed by atoms with Gasteiger partial charge in [-0.2, -0.15) is 0 Å². The van der Waals surface area contributed by atoms with Gasteiger partial charge < -0.3 is 5.32 Å². The second-order valence-corrected chi connectivity index (χ2v) is 5.08. The Balaban J connectivity index is 2.21. The first kappa shape index (κ1) is 14.2. The molecule has 2 aromatic carbocycles. The Kier molecular flexibility index (Phi) is 4.14. The number of anilines is 1. The van der Waals surface area contributed by atoms with E-state index in [4.69, 9.17) is 0 Å². The number of non-ortho nitro benzene ring substituents is 1. The lowest BCUT2D eigenvalue weighted by Crippen LogP contribution is -2.12. The summed E-state index contributed by atoms with van der Waals surface area (Å²) >= 11 is 3.38. The van der Waals surface area contributed by atoms with E-state index in [2.05, 4.69) is 21.2 Å². The van der Waals surface area contributed by atoms with E-state index in [0.29, 0.717) is 5.69 Å². The van der Waals surface area contributed by atoms with Crippen LogP contribution in [-0.2, 0) is 0 Å². The Morgan fingerprint density at radius 1 is 1.25 bits per heavy atom. The van der Waals surface area contributed by atoms with Crippen LogP contribution >= 0.6 is 15.9 Å². The molecule has 0 aliphatic heterocycles. The van der Waals surface area contributed by atoms with Gasteiger partial charge in [-0.15, -0.1) is 0 Å². The third-order valence-electron chi connectivity index (χ3n) is 2.75. The topological polar surface area (TPSA) is 72.2 Å². The number of amides is 1. The predicted octanol–water partition coefficient (Wildman–Crippen LogP) is 3.92. The molecule has 0 radical (unpaired) electrons. The van der Waals surface area contributed by atoms with Crippen LogP contribution in [0.15, 0.2) is 46.9 Å². The normalized spacial score (nSPS) is 10.1. The lowest BCUT2D eigenvalue weighted by atomic mass is 10.1. The van der Waals surface area contributed by atoms with Crippen molar-refractivity contribution in [3.63, 3.8) is 0 Å². The van der Waals surface area contributed by atoms with Gasteiger partial charge in [0.05, 0.1) is 4.92 Å². The summed E-state index contributed by atoms with van der Waals surface area (Å²) in [5.74, 6) is -0.385. The van der Waals surface area contributed by atoms with E-state index >= 15 is 0 Å². The van der Waals surface area contributed by atoms with Crippen LogP contribution < -0.4 is 5.32 Å². The standard InChI is InChI=1S/C14H11BrN2O3/c1-9-5-6-11(8-13(9)15)16-14(18)10-3-2-4-12(7-10)17(19)20/h2-8H,1H3,(H,16,18). The van der Waals surface area contributed by atoms with Crippen molar-refractivity contribution < 1.29 is 9.72 Å². The molecule has 0 aliphatic carbocycles. The summed E-state index contributed by atoms with van der Waals surface area (Å²) in [5, 5.41) is 13.4. The number of aryl methyl sites for hydroxylation is 1. The third-order valence-corrected chi connectivity index (χ3v) is 3.60. The smallest absolute Gasteiger partial charge is 0.270 e. The van der Waals surface area contributed by atoms with Crippen molar-refractivity contribution in [3.8, 4) is 0 Å². The molecular weight excluding hydrogens is 324 g/mol. The zero-order valence-electron chi connectivity index (χ0n) is 10.6. The van der Waals surface area contributed by atoms with Crippen LogP contribution in [0.3, 0.4) is 0 Å². The average molecular weight is 335 g/mol. The quantitative estimate of drug-likeness (QED) is 0.683. The Bertz CT molecular complexity index is 686. The molecule has 0 spiro atoms. The summed E-state index contributed by atoms with van der Waals surface area (Å²) in [6, 6.07) is 11.0. The number of nitrogens with one attached hydrogen (secondary N) is 1. The number of hydrogen-bond donors (Lipinski definition) is 1. The molecule has 5 nitrogen and oxygen atoms in total. The first-order valence-electron chi connectivity index (χ1n) is 5.79. The summed E-state index contributed by atoms with van der Waals surface area (Å²) in [6.07, 6.45) is 0. The lowest BCUT2D eigenvalue weighted by Gasteiger charge is -2.07. The van der Waals surface area contributed by atoms with E-state index in [-0.39, 0.29) is 17.2 Å². The molecule has 0 saturated heterocycles. The van der Waals surface area contributed by atoms with Gasteiger partial charge in [-0.25, -0.2) is 0 Å². The summed E-state index contributed by atoms with van der Waals surface area (Å²) in [7, 11) is 0. The molecule has 0 unspecified atom stereocenters. The summed E-state index contributed by atoms with van der Waals surface area (Å²) in [5.41, 5.74) is 1.82. The fourth-order valence-electron chi connectivity index (χ4n) is 1.63. The highest BCUT2D eigenvalue weighted by molar-refractivity contribution is 9.10. The molecule has 6 heteroatoms. The van der Waals surface area contributed by atoms with Gasteiger partial charge in [0.15, 0.2) is 0 Å². The minimum atomic E-state index is -0.529. The largest absolute Gasteiger partial charge is 0.322 e. The highest BCUT2D eigenvalue weighted by atomic mass is 79.9. The molecule has 0 heterocycles. The number of benzene rings is 2. The molecular formula is C14H11BrN2O3. The molecule has 0 saturated carbocycles. The van der Waals surface area contributed by atoms with E-state index in [1.54, 1.807) is 12.1 Å². The molecule has 20 heavy (non-hydrogen) atoms. The highest BCUT2D eigenvalue weighted by Crippen LogP contribution is 2.21. The van der Waals surface area contributed by atoms with E-state index in [0.717, 1.165) is 10.0 Å². The Hall–Kier alpha value is -2.21. The minimum Gasteiger partial charge on any atom is -0.322 e. The van der Waals surface area contributed by atoms with Crippen LogP contribution in [0.5, 0.6) is 0 Å². The zero-order valence-corrected chi connectivity index (χ0v) is 12.2. The molecule has 0 atom stereocenters. The lowest BCUT2D eigenvalue weighted by molar-refractivity contribution is -0.384. The van der Waals surface area contributed by atoms with Crippen LogP contribution in [0.4, 0.5) is 11.4 Å². The SMILES string of the molecule is Cc1ccc(NC(=O)c2cccc([N+](=O)[O-])c2)cc1Br. The fraction of sp³-hybridized carbons (Fsp3) is 0.0714. The van der Waals surface area contributed by atoms with Crippen LogP contribution in [0, 0.1) is 17.0 Å². The predicted molar refractivity (Wildman–Crippen MR) is 79.9 cm³/mol. The van der Waals surface area contributed by atoms with Crippen molar-refractivity contribution in [3.05, 3.63) is 68.2 Å². The Morgan fingerprint density at radius 2 is 2.00 bits per heavy atom. The van der Waals surface area contributed by atoms with E-state index < -0.39 is 4.92 Å². The second-order valence-electron chi connectivity index (χ2n) is 4.23. The summed E-state index contributed by atoms with van der Waals surface area (Å²) in [6.45, 7) is 1.94. The molecule has 2 aromatic rings. The Morgan fingerprint density at radius 3 is 2.65 bits per heavy atom. The molecule has 2 rings (SSSR count). The second kappa shape index (κ2) is 5.83. The monoisotopic (exact) mass is 334 g/mol. The van der Waals surface area contributed by atoms with Crippen LogP contribution in [0.1, 0.15) is 15.9 Å². The van der Waals surface area contributed by atoms with Crippen LogP contribution in [0.2, 0.25) is 0 Å². The maximum Gasteiger partial charge on any atom is 0.270 e. The van der Waals surface area contributed by atoms with Crippen molar-refractivity contribution >= 4 is 33.2 Å². The number of halogens is 1. The molecule has 0 aromatic heterocycles. The van der Waals surface area contributed by atoms with Crippen molar-refractivity contribution in [2.75, 3.05) is 5.32 Å². The number of carbonyl (C=O) groups is 1. The third kappa shape index (κ3) is 3.21. The highest BCUT2D eigenvalue weighted by Gasteiger charge is 2.11. The molecule has 0 aliphatic rings. The van der Waals surface area contributed by atoms with Gasteiger partial charge in [0.1, 0.15) is 0 Å². The molecule has 1 N–H and O–H groups in total. The van der Waals surface area contributed by atoms with E-state index in [1.807, 2.05) is 13.0 Å². The summed E-state index contributed by atoms with van der Waals surface area (Å²) < 4.78 is 0.884. The van der Waals surface area contributed by atoms with E-state index in [1.165, 1.54) is 24.3 Å². The number of nitro groups is 1. The molecule has 102 valence electrons. The molecule has 1 amide bonds. The van der Waals surface area contributed by atoms with Gasteiger partial charge in [0, 0.05) is 27.9 Å². The van der Waals surface area contributed by atoms with Gasteiger partial charge >= 0.3 is 0 Å². The van der Waals surface area contributed by atoms with Gasteiger partial charge in [0.2, 0.25) is 0 Å². The number of nitrogens with zero attached hydrogens (tertiary/aromatic N) is 1. The van der Waals surface area contributed by atoms with Crippen molar-refractivity contribution in [2.45, 2.75) is 6.92 Å². The fourth-order valence-corrected chi connectivity index (χ4v) is 2.01. The Labute approximate surface area is 123 Å². The van der Waals surface area contributed by atoms with Crippen molar-refractivity contribution in [1.82, 2.24) is 0 Å². The summed E-state index contributed by atoms with van der Waals surface area (Å²) in [4.78, 5) is 22.2.